The van der Waals surface area contributed by atoms with Crippen molar-refractivity contribution in [2.75, 3.05) is 11.9 Å². The largest absolute Gasteiger partial charge is 0.462 e. The number of thiocarbonyl (C=S) groups is 1. The highest BCUT2D eigenvalue weighted by atomic mass is 32.1. The molecular formula is C18H22N4O4S. The van der Waals surface area contributed by atoms with Crippen LogP contribution in [0.5, 0.6) is 0 Å². The van der Waals surface area contributed by atoms with Crippen molar-refractivity contribution in [3.63, 3.8) is 0 Å². The van der Waals surface area contributed by atoms with E-state index in [0.717, 1.165) is 24.3 Å². The topological polar surface area (TPSA) is 99.8 Å². The number of nitrogens with zero attached hydrogens (tertiary/aromatic N) is 1. The van der Waals surface area contributed by atoms with E-state index in [-0.39, 0.29) is 11.0 Å². The Morgan fingerprint density at radius 1 is 1.22 bits per heavy atom. The number of rotatable bonds is 4. The van der Waals surface area contributed by atoms with Gasteiger partial charge in [-0.1, -0.05) is 19.3 Å². The smallest absolute Gasteiger partial charge is 0.344 e. The number of hydrogen-bond acceptors (Lipinski definition) is 5. The van der Waals surface area contributed by atoms with E-state index in [0.29, 0.717) is 30.7 Å². The van der Waals surface area contributed by atoms with Crippen molar-refractivity contribution in [3.8, 4) is 0 Å². The molecule has 0 aromatic heterocycles. The highest BCUT2D eigenvalue weighted by Gasteiger charge is 2.51. The number of hydrogen-bond donors (Lipinski definition) is 3. The molecule has 3 N–H and O–H groups in total. The predicted molar refractivity (Wildman–Crippen MR) is 103 cm³/mol. The fourth-order valence-electron chi connectivity index (χ4n) is 3.38. The van der Waals surface area contributed by atoms with Crippen molar-refractivity contribution in [2.45, 2.75) is 44.6 Å². The van der Waals surface area contributed by atoms with Crippen molar-refractivity contribution in [1.29, 1.82) is 0 Å². The van der Waals surface area contributed by atoms with Crippen LogP contribution in [-0.2, 0) is 9.53 Å². The Labute approximate surface area is 162 Å². The second kappa shape index (κ2) is 7.91. The molecule has 1 saturated heterocycles. The molecule has 0 radical (unpaired) electrons. The average Bonchev–Trinajstić information content (AvgIpc) is 2.87. The van der Waals surface area contributed by atoms with E-state index in [2.05, 4.69) is 16.1 Å². The number of imide groups is 1. The number of urea groups is 1. The Balaban J connectivity index is 1.60. The summed E-state index contributed by atoms with van der Waals surface area (Å²) >= 11 is 5.21. The molecule has 27 heavy (non-hydrogen) atoms. The number of hydrazine groups is 1. The van der Waals surface area contributed by atoms with Gasteiger partial charge in [0.05, 0.1) is 12.2 Å². The van der Waals surface area contributed by atoms with E-state index in [1.165, 1.54) is 0 Å². The maximum Gasteiger partial charge on any atom is 0.344 e. The van der Waals surface area contributed by atoms with Crippen molar-refractivity contribution in [2.24, 2.45) is 0 Å². The lowest BCUT2D eigenvalue weighted by Gasteiger charge is -2.30. The average molecular weight is 390 g/mol. The summed E-state index contributed by atoms with van der Waals surface area (Å²) in [5.74, 6) is -0.698. The van der Waals surface area contributed by atoms with Gasteiger partial charge < -0.3 is 15.4 Å². The summed E-state index contributed by atoms with van der Waals surface area (Å²) in [5, 5.41) is 6.74. The lowest BCUT2D eigenvalue weighted by Crippen LogP contribution is -2.51. The lowest BCUT2D eigenvalue weighted by molar-refractivity contribution is -0.133. The highest BCUT2D eigenvalue weighted by Crippen LogP contribution is 2.33. The summed E-state index contributed by atoms with van der Waals surface area (Å²) in [5.41, 5.74) is 2.89. The third-order valence-corrected chi connectivity index (χ3v) is 4.93. The number of esters is 1. The van der Waals surface area contributed by atoms with Gasteiger partial charge in [-0.15, -0.1) is 0 Å². The zero-order valence-electron chi connectivity index (χ0n) is 15.0. The molecule has 2 fully saturated rings. The van der Waals surface area contributed by atoms with Gasteiger partial charge in [-0.25, -0.2) is 9.59 Å². The fraction of sp³-hybridized carbons (Fsp3) is 0.444. The first-order valence-corrected chi connectivity index (χ1v) is 9.37. The Bertz CT molecular complexity index is 759. The first-order valence-electron chi connectivity index (χ1n) is 8.97. The molecule has 1 spiro atoms. The molecule has 1 aliphatic carbocycles. The van der Waals surface area contributed by atoms with Crippen LogP contribution in [0.2, 0.25) is 0 Å². The maximum atomic E-state index is 12.7. The molecule has 144 valence electrons. The normalized spacial score (nSPS) is 18.2. The Morgan fingerprint density at radius 3 is 2.52 bits per heavy atom. The number of carbonyl (C=O) groups excluding carboxylic acids is 3. The Morgan fingerprint density at radius 2 is 1.89 bits per heavy atom. The van der Waals surface area contributed by atoms with E-state index in [4.69, 9.17) is 17.0 Å². The molecular weight excluding hydrogens is 368 g/mol. The minimum absolute atomic E-state index is 0.107. The molecule has 0 atom stereocenters. The van der Waals surface area contributed by atoms with Gasteiger partial charge in [0.1, 0.15) is 5.54 Å². The molecule has 9 heteroatoms. The highest BCUT2D eigenvalue weighted by molar-refractivity contribution is 7.80. The monoisotopic (exact) mass is 390 g/mol. The maximum absolute atomic E-state index is 12.7. The second-order valence-corrected chi connectivity index (χ2v) is 6.99. The molecule has 1 aromatic rings. The predicted octanol–water partition coefficient (Wildman–Crippen LogP) is 2.32. The molecule has 8 nitrogen and oxygen atoms in total. The molecule has 0 unspecified atom stereocenters. The third kappa shape index (κ3) is 4.02. The zero-order valence-corrected chi connectivity index (χ0v) is 15.9. The third-order valence-electron chi connectivity index (χ3n) is 4.74. The lowest BCUT2D eigenvalue weighted by atomic mass is 9.82. The molecule has 1 heterocycles. The summed E-state index contributed by atoms with van der Waals surface area (Å²) in [6, 6.07) is 6.04. The van der Waals surface area contributed by atoms with E-state index in [1.807, 2.05) is 0 Å². The van der Waals surface area contributed by atoms with Crippen LogP contribution in [0, 0.1) is 0 Å². The summed E-state index contributed by atoms with van der Waals surface area (Å²) in [6.07, 6.45) is 4.18. The van der Waals surface area contributed by atoms with Crippen LogP contribution < -0.4 is 16.1 Å². The molecule has 1 aromatic carbocycles. The minimum Gasteiger partial charge on any atom is -0.462 e. The quantitative estimate of drug-likeness (QED) is 0.412. The van der Waals surface area contributed by atoms with Crippen LogP contribution in [0.15, 0.2) is 24.3 Å². The van der Waals surface area contributed by atoms with E-state index < -0.39 is 17.5 Å². The molecule has 2 aliphatic rings. The van der Waals surface area contributed by atoms with Crippen LogP contribution in [0.1, 0.15) is 49.4 Å². The summed E-state index contributed by atoms with van der Waals surface area (Å²) in [7, 11) is 0. The standard InChI is InChI=1S/C18H22N4O4S/c1-2-26-14(23)12-6-8-13(9-7-12)19-16(27)21-22-15(24)18(20-17(22)25)10-4-3-5-11-18/h6-9H,2-5,10-11H2,1H3,(H,20,25)(H2,19,21,27). The molecule has 3 rings (SSSR count). The van der Waals surface area contributed by atoms with Gasteiger partial charge in [0.25, 0.3) is 5.91 Å². The summed E-state index contributed by atoms with van der Waals surface area (Å²) in [4.78, 5) is 36.6. The van der Waals surface area contributed by atoms with Crippen molar-refractivity contribution in [1.82, 2.24) is 15.8 Å². The Kier molecular flexibility index (Phi) is 5.59. The first-order chi connectivity index (χ1) is 12.9. The van der Waals surface area contributed by atoms with E-state index >= 15 is 0 Å². The van der Waals surface area contributed by atoms with Crippen LogP contribution in [-0.4, -0.2) is 40.2 Å². The van der Waals surface area contributed by atoms with Gasteiger partial charge in [0.15, 0.2) is 5.11 Å². The minimum atomic E-state index is -0.806. The van der Waals surface area contributed by atoms with Crippen LogP contribution in [0.25, 0.3) is 0 Å². The molecule has 0 bridgehead atoms. The zero-order chi connectivity index (χ0) is 19.4. The van der Waals surface area contributed by atoms with Gasteiger partial charge in [-0.3, -0.25) is 10.2 Å². The van der Waals surface area contributed by atoms with Crippen LogP contribution in [0.3, 0.4) is 0 Å². The van der Waals surface area contributed by atoms with Crippen molar-refractivity contribution in [3.05, 3.63) is 29.8 Å². The van der Waals surface area contributed by atoms with Gasteiger partial charge in [0.2, 0.25) is 0 Å². The number of nitrogens with one attached hydrogen (secondary N) is 3. The van der Waals surface area contributed by atoms with Crippen LogP contribution >= 0.6 is 12.2 Å². The van der Waals surface area contributed by atoms with Gasteiger partial charge in [0, 0.05) is 5.69 Å². The number of benzene rings is 1. The molecule has 1 aliphatic heterocycles. The first kappa shape index (κ1) is 19.1. The van der Waals surface area contributed by atoms with E-state index in [9.17, 15) is 14.4 Å². The summed E-state index contributed by atoms with van der Waals surface area (Å²) in [6.45, 7) is 2.05. The van der Waals surface area contributed by atoms with Crippen molar-refractivity contribution >= 4 is 40.9 Å². The fourth-order valence-corrected chi connectivity index (χ4v) is 3.59. The molecule has 1 saturated carbocycles. The number of anilines is 1. The van der Waals surface area contributed by atoms with Gasteiger partial charge in [-0.05, 0) is 56.2 Å². The van der Waals surface area contributed by atoms with Crippen molar-refractivity contribution < 1.29 is 19.1 Å². The number of ether oxygens (including phenoxy) is 1. The second-order valence-electron chi connectivity index (χ2n) is 6.58. The van der Waals surface area contributed by atoms with Gasteiger partial charge in [-0.2, -0.15) is 5.01 Å². The van der Waals surface area contributed by atoms with Crippen LogP contribution in [0.4, 0.5) is 10.5 Å². The number of carbonyl (C=O) groups is 3. The Hall–Kier alpha value is -2.68. The van der Waals surface area contributed by atoms with Gasteiger partial charge >= 0.3 is 12.0 Å². The summed E-state index contributed by atoms with van der Waals surface area (Å²) < 4.78 is 4.93. The molecule has 3 amide bonds. The SMILES string of the molecule is CCOC(=O)c1ccc(NC(=S)NN2C(=O)NC3(CCCCC3)C2=O)cc1. The number of amides is 3. The van der Waals surface area contributed by atoms with E-state index in [1.54, 1.807) is 31.2 Å².